The van der Waals surface area contributed by atoms with Crippen molar-refractivity contribution in [2.75, 3.05) is 13.4 Å². The van der Waals surface area contributed by atoms with E-state index < -0.39 is 0 Å². The van der Waals surface area contributed by atoms with Gasteiger partial charge in [-0.1, -0.05) is 6.92 Å². The van der Waals surface area contributed by atoms with Crippen LogP contribution in [0.25, 0.3) is 6.08 Å². The molecule has 1 unspecified atom stereocenters. The number of hydrogen-bond acceptors (Lipinski definition) is 6. The third-order valence-electron chi connectivity index (χ3n) is 3.95. The SMILES string of the molecule is CCOc1cc2c(cc1/C=C1\SC(=O)N(C(C)CC)C1=O)OCO2. The lowest BCUT2D eigenvalue weighted by molar-refractivity contribution is -0.124. The molecular formula is C17H19NO5S. The fraction of sp³-hybridized carbons (Fsp3) is 0.412. The molecule has 0 aliphatic carbocycles. The zero-order valence-corrected chi connectivity index (χ0v) is 14.6. The van der Waals surface area contributed by atoms with E-state index in [1.165, 1.54) is 4.90 Å². The third-order valence-corrected chi connectivity index (χ3v) is 4.83. The number of imide groups is 1. The van der Waals surface area contributed by atoms with E-state index in [2.05, 4.69) is 0 Å². The molecule has 3 rings (SSSR count). The van der Waals surface area contributed by atoms with E-state index in [4.69, 9.17) is 14.2 Å². The molecule has 2 heterocycles. The van der Waals surface area contributed by atoms with Gasteiger partial charge in [-0.3, -0.25) is 14.5 Å². The Morgan fingerprint density at radius 2 is 2.00 bits per heavy atom. The predicted octanol–water partition coefficient (Wildman–Crippen LogP) is 3.65. The van der Waals surface area contributed by atoms with Gasteiger partial charge in [-0.15, -0.1) is 0 Å². The van der Waals surface area contributed by atoms with Crippen LogP contribution in [0.15, 0.2) is 17.0 Å². The summed E-state index contributed by atoms with van der Waals surface area (Å²) in [5, 5.41) is -0.237. The van der Waals surface area contributed by atoms with Crippen molar-refractivity contribution in [3.63, 3.8) is 0 Å². The summed E-state index contributed by atoms with van der Waals surface area (Å²) < 4.78 is 16.4. The molecule has 0 saturated carbocycles. The van der Waals surface area contributed by atoms with Crippen LogP contribution in [0, 0.1) is 0 Å². The third kappa shape index (κ3) is 2.96. The van der Waals surface area contributed by atoms with Gasteiger partial charge in [0.1, 0.15) is 5.75 Å². The number of amides is 2. The molecule has 0 aromatic heterocycles. The summed E-state index contributed by atoms with van der Waals surface area (Å²) in [6, 6.07) is 3.40. The highest BCUT2D eigenvalue weighted by Gasteiger charge is 2.37. The maximum atomic E-state index is 12.5. The molecule has 2 amide bonds. The lowest BCUT2D eigenvalue weighted by Gasteiger charge is -2.19. The Morgan fingerprint density at radius 3 is 2.67 bits per heavy atom. The topological polar surface area (TPSA) is 65.1 Å². The second-order valence-electron chi connectivity index (χ2n) is 5.49. The first-order chi connectivity index (χ1) is 11.5. The number of ether oxygens (including phenoxy) is 3. The van der Waals surface area contributed by atoms with Gasteiger partial charge in [-0.25, -0.2) is 0 Å². The highest BCUT2D eigenvalue weighted by Crippen LogP contribution is 2.41. The Bertz CT molecular complexity index is 715. The van der Waals surface area contributed by atoms with Crippen LogP contribution in [0.4, 0.5) is 4.79 Å². The van der Waals surface area contributed by atoms with Crippen molar-refractivity contribution in [3.8, 4) is 17.2 Å². The van der Waals surface area contributed by atoms with Crippen molar-refractivity contribution < 1.29 is 23.8 Å². The highest BCUT2D eigenvalue weighted by molar-refractivity contribution is 8.18. The van der Waals surface area contributed by atoms with Crippen LogP contribution in [0.2, 0.25) is 0 Å². The Labute approximate surface area is 144 Å². The molecule has 0 N–H and O–H groups in total. The van der Waals surface area contributed by atoms with Gasteiger partial charge >= 0.3 is 0 Å². The van der Waals surface area contributed by atoms with Crippen LogP contribution in [0.1, 0.15) is 32.8 Å². The quantitative estimate of drug-likeness (QED) is 0.756. The van der Waals surface area contributed by atoms with Crippen LogP contribution in [0.3, 0.4) is 0 Å². The minimum Gasteiger partial charge on any atom is -0.493 e. The number of thioether (sulfide) groups is 1. The average molecular weight is 349 g/mol. The van der Waals surface area contributed by atoms with Gasteiger partial charge in [0.2, 0.25) is 6.79 Å². The van der Waals surface area contributed by atoms with Gasteiger partial charge in [0.25, 0.3) is 11.1 Å². The Kier molecular flexibility index (Phi) is 4.71. The van der Waals surface area contributed by atoms with Gasteiger partial charge in [0, 0.05) is 17.7 Å². The van der Waals surface area contributed by atoms with Crippen LogP contribution in [-0.2, 0) is 4.79 Å². The molecule has 1 saturated heterocycles. The van der Waals surface area contributed by atoms with E-state index in [-0.39, 0.29) is 24.0 Å². The summed E-state index contributed by atoms with van der Waals surface area (Å²) in [5.41, 5.74) is 0.691. The number of hydrogen-bond donors (Lipinski definition) is 0. The smallest absolute Gasteiger partial charge is 0.293 e. The summed E-state index contributed by atoms with van der Waals surface area (Å²) in [4.78, 5) is 26.4. The van der Waals surface area contributed by atoms with E-state index in [1.54, 1.807) is 18.2 Å². The van der Waals surface area contributed by atoms with Crippen molar-refractivity contribution >= 4 is 29.0 Å². The average Bonchev–Trinajstić information content (AvgIpc) is 3.11. The molecular weight excluding hydrogens is 330 g/mol. The minimum absolute atomic E-state index is 0.119. The number of nitrogens with zero attached hydrogens (tertiary/aromatic N) is 1. The van der Waals surface area contributed by atoms with E-state index in [0.29, 0.717) is 34.3 Å². The summed E-state index contributed by atoms with van der Waals surface area (Å²) in [7, 11) is 0. The molecule has 2 aliphatic heterocycles. The number of fused-ring (bicyclic) bond motifs is 1. The summed E-state index contributed by atoms with van der Waals surface area (Å²) >= 11 is 0.951. The molecule has 6 nitrogen and oxygen atoms in total. The molecule has 2 aliphatic rings. The number of carbonyl (C=O) groups excluding carboxylic acids is 2. The van der Waals surface area contributed by atoms with Gasteiger partial charge in [0.15, 0.2) is 11.5 Å². The molecule has 128 valence electrons. The van der Waals surface area contributed by atoms with Gasteiger partial charge in [0.05, 0.1) is 11.5 Å². The van der Waals surface area contributed by atoms with E-state index >= 15 is 0 Å². The minimum atomic E-state index is -0.264. The first-order valence-corrected chi connectivity index (χ1v) is 8.70. The zero-order chi connectivity index (χ0) is 17.3. The van der Waals surface area contributed by atoms with Crippen LogP contribution in [-0.4, -0.2) is 35.5 Å². The van der Waals surface area contributed by atoms with E-state index in [1.807, 2.05) is 20.8 Å². The van der Waals surface area contributed by atoms with Gasteiger partial charge in [-0.05, 0) is 44.2 Å². The van der Waals surface area contributed by atoms with Crippen molar-refractivity contribution in [3.05, 3.63) is 22.6 Å². The first-order valence-electron chi connectivity index (χ1n) is 7.88. The lowest BCUT2D eigenvalue weighted by Crippen LogP contribution is -2.36. The lowest BCUT2D eigenvalue weighted by atomic mass is 10.1. The Balaban J connectivity index is 1.96. The van der Waals surface area contributed by atoms with Gasteiger partial charge in [-0.2, -0.15) is 0 Å². The fourth-order valence-electron chi connectivity index (χ4n) is 2.52. The molecule has 0 bridgehead atoms. The molecule has 1 aromatic carbocycles. The zero-order valence-electron chi connectivity index (χ0n) is 13.8. The molecule has 0 spiro atoms. The second-order valence-corrected chi connectivity index (χ2v) is 6.48. The standard InChI is InChI=1S/C17H19NO5S/c1-4-10(3)18-16(19)15(24-17(18)20)7-11-6-13-14(23-9-22-13)8-12(11)21-5-2/h6-8,10H,4-5,9H2,1-3H3/b15-7-. The molecule has 1 aromatic rings. The molecule has 7 heteroatoms. The molecule has 24 heavy (non-hydrogen) atoms. The van der Waals surface area contributed by atoms with E-state index in [0.717, 1.165) is 18.2 Å². The second kappa shape index (κ2) is 6.76. The van der Waals surface area contributed by atoms with Crippen molar-refractivity contribution in [2.45, 2.75) is 33.2 Å². The number of rotatable bonds is 5. The van der Waals surface area contributed by atoms with Crippen LogP contribution >= 0.6 is 11.8 Å². The normalized spacial score (nSPS) is 19.3. The van der Waals surface area contributed by atoms with Crippen molar-refractivity contribution in [1.29, 1.82) is 0 Å². The maximum Gasteiger partial charge on any atom is 0.293 e. The molecule has 1 atom stereocenters. The van der Waals surface area contributed by atoms with Crippen LogP contribution in [0.5, 0.6) is 17.2 Å². The summed E-state index contributed by atoms with van der Waals surface area (Å²) in [6.45, 7) is 6.34. The summed E-state index contributed by atoms with van der Waals surface area (Å²) in [5.74, 6) is 1.55. The predicted molar refractivity (Wildman–Crippen MR) is 91.3 cm³/mol. The number of benzene rings is 1. The van der Waals surface area contributed by atoms with Crippen LogP contribution < -0.4 is 14.2 Å². The highest BCUT2D eigenvalue weighted by atomic mass is 32.2. The monoisotopic (exact) mass is 349 g/mol. The molecule has 0 radical (unpaired) electrons. The Morgan fingerprint density at radius 1 is 1.29 bits per heavy atom. The maximum absolute atomic E-state index is 12.5. The summed E-state index contributed by atoms with van der Waals surface area (Å²) in [6.07, 6.45) is 2.40. The van der Waals surface area contributed by atoms with E-state index in [9.17, 15) is 9.59 Å². The van der Waals surface area contributed by atoms with Gasteiger partial charge < -0.3 is 14.2 Å². The largest absolute Gasteiger partial charge is 0.493 e. The molecule has 1 fully saturated rings. The van der Waals surface area contributed by atoms with Crippen molar-refractivity contribution in [1.82, 2.24) is 4.90 Å². The first kappa shape index (κ1) is 16.7. The fourth-order valence-corrected chi connectivity index (χ4v) is 3.44. The van der Waals surface area contributed by atoms with Crippen molar-refractivity contribution in [2.24, 2.45) is 0 Å². The Hall–Kier alpha value is -2.15. The number of carbonyl (C=O) groups is 2.